The molecule has 0 unspecified atom stereocenters. The van der Waals surface area contributed by atoms with Crippen LogP contribution in [0, 0.1) is 14.9 Å². The van der Waals surface area contributed by atoms with Crippen LogP contribution >= 0.6 is 50.7 Å². The Hall–Kier alpha value is -0.390. The maximum Gasteiger partial charge on any atom is 0.168 e. The van der Waals surface area contributed by atoms with Gasteiger partial charge in [-0.25, -0.2) is 0 Å². The molecular weight excluding hydrogens is 377 g/mol. The fraction of sp³-hybridized carbons (Fsp3) is 0. The Kier molecular flexibility index (Phi) is 4.10. The highest BCUT2D eigenvalue weighted by molar-refractivity contribution is 14.1. The van der Waals surface area contributed by atoms with Crippen LogP contribution in [0.4, 0.5) is 5.69 Å². The van der Waals surface area contributed by atoms with Crippen molar-refractivity contribution in [2.45, 2.75) is 0 Å². The fourth-order valence-corrected chi connectivity index (χ4v) is 2.66. The Bertz CT molecular complexity index is 427. The summed E-state index contributed by atoms with van der Waals surface area (Å²) in [5, 5.41) is 11.8. The molecule has 0 aliphatic rings. The summed E-state index contributed by atoms with van der Waals surface area (Å²) in [6.45, 7) is 0. The van der Waals surface area contributed by atoms with Gasteiger partial charge >= 0.3 is 0 Å². The molecule has 0 saturated carbocycles. The van der Waals surface area contributed by atoms with E-state index in [1.807, 2.05) is 6.07 Å². The smallest absolute Gasteiger partial charge is 0.168 e. The molecule has 0 amide bonds. The lowest BCUT2D eigenvalue weighted by Crippen LogP contribution is -2.20. The minimum atomic E-state index is 0.154. The maximum atomic E-state index is 8.88. The first-order chi connectivity index (χ1) is 6.54. The average molecular weight is 382 g/mol. The molecule has 0 aromatic heterocycles. The largest absolute Gasteiger partial charge is 0.376 e. The number of hydrogen-bond acceptors (Lipinski definition) is 2. The lowest BCUT2D eigenvalue weighted by atomic mass is 10.2. The van der Waals surface area contributed by atoms with Crippen LogP contribution in [0.3, 0.4) is 0 Å². The number of halogens is 2. The molecule has 0 aliphatic carbocycles. The quantitative estimate of drug-likeness (QED) is 0.579. The summed E-state index contributed by atoms with van der Waals surface area (Å²) in [4.78, 5) is 0. The molecule has 3 N–H and O–H groups in total. The van der Waals surface area contributed by atoms with Crippen molar-refractivity contribution >= 4 is 61.5 Å². The zero-order valence-electron chi connectivity index (χ0n) is 6.84. The molecule has 0 aliphatic heterocycles. The van der Waals surface area contributed by atoms with Gasteiger partial charge in [0.05, 0.1) is 11.3 Å². The van der Waals surface area contributed by atoms with Gasteiger partial charge in [-0.1, -0.05) is 15.9 Å². The molecule has 0 spiro atoms. The molecule has 0 saturated heterocycles. The fourth-order valence-electron chi connectivity index (χ4n) is 0.912. The number of hydrogen-bond donors (Lipinski definition) is 2. The lowest BCUT2D eigenvalue weighted by molar-refractivity contribution is 1.45. The summed E-state index contributed by atoms with van der Waals surface area (Å²) in [5.41, 5.74) is 6.52. The molecule has 14 heavy (non-hydrogen) atoms. The van der Waals surface area contributed by atoms with Gasteiger partial charge in [-0.15, -0.1) is 0 Å². The van der Waals surface area contributed by atoms with Crippen molar-refractivity contribution in [3.05, 3.63) is 25.7 Å². The number of anilines is 1. The number of nitriles is 1. The minimum absolute atomic E-state index is 0.154. The zero-order chi connectivity index (χ0) is 10.7. The van der Waals surface area contributed by atoms with E-state index in [1.165, 1.54) is 0 Å². The molecule has 1 aromatic rings. The molecule has 0 heterocycles. The van der Waals surface area contributed by atoms with Crippen LogP contribution in [0.1, 0.15) is 5.56 Å². The Balaban J connectivity index is 3.27. The van der Waals surface area contributed by atoms with Gasteiger partial charge < -0.3 is 11.1 Å². The van der Waals surface area contributed by atoms with E-state index in [-0.39, 0.29) is 5.11 Å². The third-order valence-corrected chi connectivity index (χ3v) is 2.83. The van der Waals surface area contributed by atoms with Crippen molar-refractivity contribution in [2.24, 2.45) is 5.73 Å². The number of nitrogens with one attached hydrogen (secondary N) is 1. The second-order valence-corrected chi connectivity index (χ2v) is 4.93. The molecule has 3 nitrogen and oxygen atoms in total. The maximum absolute atomic E-state index is 8.88. The highest BCUT2D eigenvalue weighted by atomic mass is 127. The van der Waals surface area contributed by atoms with Gasteiger partial charge in [0.25, 0.3) is 0 Å². The van der Waals surface area contributed by atoms with Gasteiger partial charge in [0.1, 0.15) is 6.07 Å². The summed E-state index contributed by atoms with van der Waals surface area (Å²) in [6.07, 6.45) is 0. The van der Waals surface area contributed by atoms with Gasteiger partial charge in [0.15, 0.2) is 5.11 Å². The Morgan fingerprint density at radius 2 is 2.29 bits per heavy atom. The minimum Gasteiger partial charge on any atom is -0.376 e. The summed E-state index contributed by atoms with van der Waals surface area (Å²) in [5.74, 6) is 0. The molecule has 0 fully saturated rings. The van der Waals surface area contributed by atoms with Crippen LogP contribution in [0.2, 0.25) is 0 Å². The lowest BCUT2D eigenvalue weighted by Gasteiger charge is -2.08. The van der Waals surface area contributed by atoms with E-state index in [0.29, 0.717) is 11.3 Å². The van der Waals surface area contributed by atoms with E-state index in [2.05, 4.69) is 49.9 Å². The first kappa shape index (κ1) is 11.7. The third kappa shape index (κ3) is 2.80. The summed E-state index contributed by atoms with van der Waals surface area (Å²) < 4.78 is 1.74. The van der Waals surface area contributed by atoms with E-state index in [4.69, 9.17) is 23.2 Å². The van der Waals surface area contributed by atoms with E-state index in [9.17, 15) is 0 Å². The average Bonchev–Trinajstić information content (AvgIpc) is 2.08. The molecule has 72 valence electrons. The number of benzene rings is 1. The second kappa shape index (κ2) is 4.91. The molecule has 0 bridgehead atoms. The van der Waals surface area contributed by atoms with Gasteiger partial charge in [0, 0.05) is 8.04 Å². The monoisotopic (exact) mass is 381 g/mol. The van der Waals surface area contributed by atoms with Gasteiger partial charge in [-0.05, 0) is 46.9 Å². The summed E-state index contributed by atoms with van der Waals surface area (Å²) in [7, 11) is 0. The molecule has 0 radical (unpaired) electrons. The predicted molar refractivity (Wildman–Crippen MR) is 72.0 cm³/mol. The van der Waals surface area contributed by atoms with Crippen molar-refractivity contribution in [1.29, 1.82) is 5.26 Å². The highest BCUT2D eigenvalue weighted by Crippen LogP contribution is 2.26. The first-order valence-electron chi connectivity index (χ1n) is 3.50. The van der Waals surface area contributed by atoms with Gasteiger partial charge in [-0.3, -0.25) is 0 Å². The van der Waals surface area contributed by atoms with E-state index < -0.39 is 0 Å². The number of rotatable bonds is 1. The van der Waals surface area contributed by atoms with Crippen LogP contribution in [0.5, 0.6) is 0 Å². The van der Waals surface area contributed by atoms with Crippen molar-refractivity contribution < 1.29 is 0 Å². The zero-order valence-corrected chi connectivity index (χ0v) is 11.4. The number of nitrogens with two attached hydrogens (primary N) is 1. The van der Waals surface area contributed by atoms with E-state index >= 15 is 0 Å². The van der Waals surface area contributed by atoms with Crippen LogP contribution in [0.15, 0.2) is 16.6 Å². The third-order valence-electron chi connectivity index (χ3n) is 1.42. The van der Waals surface area contributed by atoms with Crippen molar-refractivity contribution in [1.82, 2.24) is 0 Å². The van der Waals surface area contributed by atoms with Crippen molar-refractivity contribution in [2.75, 3.05) is 5.32 Å². The topological polar surface area (TPSA) is 61.8 Å². The molecular formula is C8H5BrIN3S. The van der Waals surface area contributed by atoms with Crippen LogP contribution < -0.4 is 11.1 Å². The van der Waals surface area contributed by atoms with Crippen molar-refractivity contribution in [3.8, 4) is 6.07 Å². The Morgan fingerprint density at radius 3 is 2.79 bits per heavy atom. The molecule has 1 rings (SSSR count). The Labute approximate surface area is 109 Å². The van der Waals surface area contributed by atoms with Crippen LogP contribution in [-0.4, -0.2) is 5.11 Å². The van der Waals surface area contributed by atoms with Crippen LogP contribution in [-0.2, 0) is 0 Å². The number of nitrogens with zero attached hydrogens (tertiary/aromatic N) is 1. The standard InChI is InChI=1S/C8H5BrIN3S/c9-5-1-4(3-11)7(6(10)2-5)13-8(12)14/h1-2H,(H3,12,13,14). The molecule has 6 heteroatoms. The first-order valence-corrected chi connectivity index (χ1v) is 5.78. The second-order valence-electron chi connectivity index (χ2n) is 2.41. The predicted octanol–water partition coefficient (Wildman–Crippen LogP) is 2.58. The van der Waals surface area contributed by atoms with Gasteiger partial charge in [-0.2, -0.15) is 5.26 Å². The highest BCUT2D eigenvalue weighted by Gasteiger charge is 2.08. The van der Waals surface area contributed by atoms with E-state index in [0.717, 1.165) is 8.04 Å². The van der Waals surface area contributed by atoms with Gasteiger partial charge in [0.2, 0.25) is 0 Å². The molecule has 0 atom stereocenters. The summed E-state index contributed by atoms with van der Waals surface area (Å²) >= 11 is 10.1. The SMILES string of the molecule is N#Cc1cc(Br)cc(I)c1NC(N)=S. The van der Waals surface area contributed by atoms with E-state index in [1.54, 1.807) is 6.07 Å². The van der Waals surface area contributed by atoms with Crippen molar-refractivity contribution in [3.63, 3.8) is 0 Å². The Morgan fingerprint density at radius 1 is 1.64 bits per heavy atom. The summed E-state index contributed by atoms with van der Waals surface area (Å²) in [6, 6.07) is 5.66. The van der Waals surface area contributed by atoms with Crippen LogP contribution in [0.25, 0.3) is 0 Å². The normalized spacial score (nSPS) is 9.21. The molecule has 1 aromatic carbocycles. The number of thiocarbonyl (C=S) groups is 1.